The fraction of sp³-hybridized carbons (Fsp3) is 0.0833. The Morgan fingerprint density at radius 3 is 2.75 bits per heavy atom. The highest BCUT2D eigenvalue weighted by atomic mass is 35.5. The van der Waals surface area contributed by atoms with Crippen LogP contribution in [-0.4, -0.2) is 4.98 Å². The first-order valence-corrected chi connectivity index (χ1v) is 6.47. The lowest BCUT2D eigenvalue weighted by atomic mass is 10.3. The second kappa shape index (κ2) is 5.58. The molecule has 4 heteroatoms. The van der Waals surface area contributed by atoms with Crippen LogP contribution in [-0.2, 0) is 5.75 Å². The molecule has 0 atom stereocenters. The summed E-state index contributed by atoms with van der Waals surface area (Å²) in [6.45, 7) is 0. The van der Waals surface area contributed by atoms with E-state index in [1.807, 2.05) is 36.4 Å². The second-order valence-electron chi connectivity index (χ2n) is 3.23. The predicted octanol–water partition coefficient (Wildman–Crippen LogP) is 4.68. The molecule has 0 saturated carbocycles. The van der Waals surface area contributed by atoms with E-state index in [4.69, 9.17) is 23.2 Å². The summed E-state index contributed by atoms with van der Waals surface area (Å²) in [6.07, 6.45) is 1.72. The Bertz CT molecular complexity index is 442. The summed E-state index contributed by atoms with van der Waals surface area (Å²) in [5, 5.41) is 1.29. The Morgan fingerprint density at radius 2 is 2.00 bits per heavy atom. The Kier molecular flexibility index (Phi) is 4.10. The van der Waals surface area contributed by atoms with Crippen LogP contribution in [0.5, 0.6) is 0 Å². The van der Waals surface area contributed by atoms with E-state index in [0.717, 1.165) is 21.2 Å². The van der Waals surface area contributed by atoms with Gasteiger partial charge in [0.05, 0.1) is 0 Å². The minimum atomic E-state index is 0.532. The van der Waals surface area contributed by atoms with E-state index in [-0.39, 0.29) is 0 Å². The van der Waals surface area contributed by atoms with Crippen molar-refractivity contribution in [3.63, 3.8) is 0 Å². The lowest BCUT2D eigenvalue weighted by Gasteiger charge is -2.02. The standard InChI is InChI=1S/C12H9Cl2NS/c13-10-2-1-3-11(7-10)16-8-9-4-5-15-12(14)6-9/h1-7H,8H2. The van der Waals surface area contributed by atoms with Gasteiger partial charge in [-0.15, -0.1) is 11.8 Å². The minimum absolute atomic E-state index is 0.532. The number of halogens is 2. The van der Waals surface area contributed by atoms with Crippen molar-refractivity contribution in [1.29, 1.82) is 0 Å². The molecule has 82 valence electrons. The van der Waals surface area contributed by atoms with Crippen LogP contribution in [0.3, 0.4) is 0 Å². The summed E-state index contributed by atoms with van der Waals surface area (Å²) >= 11 is 13.4. The number of pyridine rings is 1. The zero-order chi connectivity index (χ0) is 11.4. The Labute approximate surface area is 109 Å². The normalized spacial score (nSPS) is 10.4. The number of hydrogen-bond donors (Lipinski definition) is 0. The molecule has 1 nitrogen and oxygen atoms in total. The number of rotatable bonds is 3. The molecule has 0 aliphatic rings. The van der Waals surface area contributed by atoms with Crippen LogP contribution < -0.4 is 0 Å². The van der Waals surface area contributed by atoms with Crippen molar-refractivity contribution >= 4 is 35.0 Å². The van der Waals surface area contributed by atoms with Gasteiger partial charge in [0.2, 0.25) is 0 Å². The highest BCUT2D eigenvalue weighted by molar-refractivity contribution is 7.98. The molecule has 0 N–H and O–H groups in total. The van der Waals surface area contributed by atoms with Gasteiger partial charge in [-0.2, -0.15) is 0 Å². The van der Waals surface area contributed by atoms with Gasteiger partial charge in [-0.05, 0) is 35.9 Å². The van der Waals surface area contributed by atoms with Gasteiger partial charge >= 0.3 is 0 Å². The van der Waals surface area contributed by atoms with E-state index in [0.29, 0.717) is 5.15 Å². The Hall–Kier alpha value is -0.700. The summed E-state index contributed by atoms with van der Waals surface area (Å²) in [5.74, 6) is 0.864. The molecule has 1 heterocycles. The highest BCUT2D eigenvalue weighted by Crippen LogP contribution is 2.25. The van der Waals surface area contributed by atoms with Crippen LogP contribution in [0.2, 0.25) is 10.2 Å². The minimum Gasteiger partial charge on any atom is -0.245 e. The molecule has 0 radical (unpaired) electrons. The first-order valence-electron chi connectivity index (χ1n) is 4.73. The zero-order valence-electron chi connectivity index (χ0n) is 8.36. The smallest absolute Gasteiger partial charge is 0.129 e. The third-order valence-electron chi connectivity index (χ3n) is 1.99. The molecule has 0 fully saturated rings. The van der Waals surface area contributed by atoms with Crippen molar-refractivity contribution in [1.82, 2.24) is 4.98 Å². The lowest BCUT2D eigenvalue weighted by molar-refractivity contribution is 1.27. The first-order chi connectivity index (χ1) is 7.74. The van der Waals surface area contributed by atoms with Crippen molar-refractivity contribution in [2.24, 2.45) is 0 Å². The van der Waals surface area contributed by atoms with Crippen LogP contribution in [0.15, 0.2) is 47.5 Å². The summed E-state index contributed by atoms with van der Waals surface area (Å²) in [5.41, 5.74) is 1.16. The SMILES string of the molecule is Clc1cccc(SCc2ccnc(Cl)c2)c1. The monoisotopic (exact) mass is 269 g/mol. The lowest BCUT2D eigenvalue weighted by Crippen LogP contribution is -1.82. The fourth-order valence-electron chi connectivity index (χ4n) is 1.26. The molecule has 0 amide bonds. The third-order valence-corrected chi connectivity index (χ3v) is 3.50. The maximum atomic E-state index is 5.91. The van der Waals surface area contributed by atoms with Gasteiger partial charge in [0.1, 0.15) is 5.15 Å². The molecule has 0 spiro atoms. The van der Waals surface area contributed by atoms with Crippen molar-refractivity contribution < 1.29 is 0 Å². The second-order valence-corrected chi connectivity index (χ2v) is 5.11. The molecule has 0 aliphatic carbocycles. The maximum absolute atomic E-state index is 5.91. The molecular formula is C12H9Cl2NS. The molecule has 0 saturated heterocycles. The molecular weight excluding hydrogens is 261 g/mol. The molecule has 2 rings (SSSR count). The molecule has 1 aromatic carbocycles. The first kappa shape index (κ1) is 11.8. The topological polar surface area (TPSA) is 12.9 Å². The average Bonchev–Trinajstić information content (AvgIpc) is 2.27. The van der Waals surface area contributed by atoms with E-state index in [2.05, 4.69) is 4.98 Å². The number of thioether (sulfide) groups is 1. The van der Waals surface area contributed by atoms with E-state index >= 15 is 0 Å². The predicted molar refractivity (Wildman–Crippen MR) is 70.3 cm³/mol. The third kappa shape index (κ3) is 3.41. The quantitative estimate of drug-likeness (QED) is 0.593. The zero-order valence-corrected chi connectivity index (χ0v) is 10.7. The van der Waals surface area contributed by atoms with Crippen LogP contribution in [0.1, 0.15) is 5.56 Å². The highest BCUT2D eigenvalue weighted by Gasteiger charge is 1.98. The van der Waals surface area contributed by atoms with Gasteiger partial charge in [0.15, 0.2) is 0 Å². The van der Waals surface area contributed by atoms with Gasteiger partial charge in [0.25, 0.3) is 0 Å². The number of aromatic nitrogens is 1. The van der Waals surface area contributed by atoms with E-state index in [9.17, 15) is 0 Å². The maximum Gasteiger partial charge on any atom is 0.129 e. The summed E-state index contributed by atoms with van der Waals surface area (Å²) < 4.78 is 0. The van der Waals surface area contributed by atoms with Gasteiger partial charge in [-0.3, -0.25) is 0 Å². The summed E-state index contributed by atoms with van der Waals surface area (Å²) in [4.78, 5) is 5.10. The number of hydrogen-bond acceptors (Lipinski definition) is 2. The molecule has 2 aromatic rings. The molecule has 1 aromatic heterocycles. The fourth-order valence-corrected chi connectivity index (χ4v) is 2.61. The summed E-state index contributed by atoms with van der Waals surface area (Å²) in [7, 11) is 0. The van der Waals surface area contributed by atoms with E-state index < -0.39 is 0 Å². The van der Waals surface area contributed by atoms with Gasteiger partial charge < -0.3 is 0 Å². The average molecular weight is 270 g/mol. The van der Waals surface area contributed by atoms with Gasteiger partial charge in [0, 0.05) is 21.9 Å². The van der Waals surface area contributed by atoms with Crippen LogP contribution >= 0.6 is 35.0 Å². The molecule has 0 bridgehead atoms. The van der Waals surface area contributed by atoms with Crippen LogP contribution in [0.25, 0.3) is 0 Å². The molecule has 0 aliphatic heterocycles. The van der Waals surface area contributed by atoms with Crippen molar-refractivity contribution in [2.45, 2.75) is 10.6 Å². The number of benzene rings is 1. The Balaban J connectivity index is 2.02. The Morgan fingerprint density at radius 1 is 1.12 bits per heavy atom. The van der Waals surface area contributed by atoms with Crippen LogP contribution in [0, 0.1) is 0 Å². The van der Waals surface area contributed by atoms with E-state index in [1.165, 1.54) is 0 Å². The summed E-state index contributed by atoms with van der Waals surface area (Å²) in [6, 6.07) is 11.6. The van der Waals surface area contributed by atoms with E-state index in [1.54, 1.807) is 18.0 Å². The van der Waals surface area contributed by atoms with Crippen LogP contribution in [0.4, 0.5) is 0 Å². The van der Waals surface area contributed by atoms with Crippen molar-refractivity contribution in [3.05, 3.63) is 58.3 Å². The van der Waals surface area contributed by atoms with Gasteiger partial charge in [-0.25, -0.2) is 4.98 Å². The van der Waals surface area contributed by atoms with Crippen molar-refractivity contribution in [3.8, 4) is 0 Å². The number of nitrogens with zero attached hydrogens (tertiary/aromatic N) is 1. The van der Waals surface area contributed by atoms with Crippen molar-refractivity contribution in [2.75, 3.05) is 0 Å². The molecule has 16 heavy (non-hydrogen) atoms. The van der Waals surface area contributed by atoms with Gasteiger partial charge in [-0.1, -0.05) is 29.3 Å². The molecule has 0 unspecified atom stereocenters. The largest absolute Gasteiger partial charge is 0.245 e.